The second-order valence-corrected chi connectivity index (χ2v) is 3.55. The summed E-state index contributed by atoms with van der Waals surface area (Å²) in [5.74, 6) is 0.443. The third kappa shape index (κ3) is 2.99. The van der Waals surface area contributed by atoms with E-state index in [2.05, 4.69) is 5.32 Å². The van der Waals surface area contributed by atoms with Crippen molar-refractivity contribution in [2.75, 3.05) is 6.61 Å². The standard InChI is InChI=1S/C10H17N3O2/c1-3-15-9-4-5-10(12,6-8(9)11)13-7(2)14/h4-5H,3,6,11-12H2,1-2H3,(H,13,14). The minimum atomic E-state index is -0.892. The number of nitrogens with one attached hydrogen (secondary N) is 1. The highest BCUT2D eigenvalue weighted by Gasteiger charge is 2.28. The zero-order chi connectivity index (χ0) is 11.5. The van der Waals surface area contributed by atoms with Gasteiger partial charge in [0.2, 0.25) is 5.91 Å². The van der Waals surface area contributed by atoms with Crippen molar-refractivity contribution < 1.29 is 9.53 Å². The van der Waals surface area contributed by atoms with Gasteiger partial charge in [0.05, 0.1) is 12.3 Å². The molecule has 1 atom stereocenters. The molecule has 1 unspecified atom stereocenters. The lowest BCUT2D eigenvalue weighted by Crippen LogP contribution is -2.55. The van der Waals surface area contributed by atoms with E-state index in [0.29, 0.717) is 24.5 Å². The molecule has 0 radical (unpaired) electrons. The lowest BCUT2D eigenvalue weighted by molar-refractivity contribution is -0.120. The molecule has 0 fully saturated rings. The van der Waals surface area contributed by atoms with Crippen molar-refractivity contribution in [1.29, 1.82) is 0 Å². The molecule has 0 aliphatic heterocycles. The first kappa shape index (κ1) is 11.6. The lowest BCUT2D eigenvalue weighted by Gasteiger charge is -2.30. The largest absolute Gasteiger partial charge is 0.492 e. The normalized spacial score (nSPS) is 25.3. The van der Waals surface area contributed by atoms with Gasteiger partial charge in [-0.05, 0) is 19.1 Å². The fraction of sp³-hybridized carbons (Fsp3) is 0.500. The van der Waals surface area contributed by atoms with Gasteiger partial charge in [-0.2, -0.15) is 0 Å². The molecule has 0 aromatic heterocycles. The van der Waals surface area contributed by atoms with Crippen LogP contribution in [-0.4, -0.2) is 18.2 Å². The Kier molecular flexibility index (Phi) is 3.36. The highest BCUT2D eigenvalue weighted by molar-refractivity contribution is 5.74. The molecule has 84 valence electrons. The molecular weight excluding hydrogens is 194 g/mol. The summed E-state index contributed by atoms with van der Waals surface area (Å²) in [4.78, 5) is 10.9. The molecular formula is C10H17N3O2. The second kappa shape index (κ2) is 4.35. The van der Waals surface area contributed by atoms with Crippen molar-refractivity contribution in [3.63, 3.8) is 0 Å². The SMILES string of the molecule is CCOC1=C(N)CC(N)(NC(C)=O)C=C1. The zero-order valence-corrected chi connectivity index (χ0v) is 9.04. The van der Waals surface area contributed by atoms with Gasteiger partial charge in [0.15, 0.2) is 0 Å². The van der Waals surface area contributed by atoms with Crippen LogP contribution in [0.25, 0.3) is 0 Å². The molecule has 0 saturated heterocycles. The van der Waals surface area contributed by atoms with Crippen molar-refractivity contribution >= 4 is 5.91 Å². The Hall–Kier alpha value is -1.49. The van der Waals surface area contributed by atoms with E-state index in [1.54, 1.807) is 12.2 Å². The van der Waals surface area contributed by atoms with Crippen molar-refractivity contribution in [1.82, 2.24) is 5.32 Å². The maximum absolute atomic E-state index is 10.9. The summed E-state index contributed by atoms with van der Waals surface area (Å²) in [6.07, 6.45) is 3.74. The number of hydrogen-bond donors (Lipinski definition) is 3. The predicted octanol–water partition coefficient (Wildman–Crippen LogP) is -0.0558. The van der Waals surface area contributed by atoms with Gasteiger partial charge in [0.25, 0.3) is 0 Å². The van der Waals surface area contributed by atoms with Crippen LogP contribution in [0.3, 0.4) is 0 Å². The van der Waals surface area contributed by atoms with Gasteiger partial charge in [-0.25, -0.2) is 0 Å². The van der Waals surface area contributed by atoms with Crippen LogP contribution in [0.2, 0.25) is 0 Å². The molecule has 0 spiro atoms. The van der Waals surface area contributed by atoms with Crippen LogP contribution in [0.4, 0.5) is 0 Å². The molecule has 1 aliphatic carbocycles. The maximum atomic E-state index is 10.9. The quantitative estimate of drug-likeness (QED) is 0.571. The molecule has 0 bridgehead atoms. The van der Waals surface area contributed by atoms with Crippen LogP contribution in [0.1, 0.15) is 20.3 Å². The van der Waals surface area contributed by atoms with Crippen molar-refractivity contribution in [3.8, 4) is 0 Å². The average molecular weight is 211 g/mol. The zero-order valence-electron chi connectivity index (χ0n) is 9.04. The summed E-state index contributed by atoms with van der Waals surface area (Å²) in [6.45, 7) is 3.85. The van der Waals surface area contributed by atoms with Gasteiger partial charge >= 0.3 is 0 Å². The first-order chi connectivity index (χ1) is 6.97. The van der Waals surface area contributed by atoms with E-state index in [-0.39, 0.29) is 5.91 Å². The van der Waals surface area contributed by atoms with Crippen LogP contribution >= 0.6 is 0 Å². The molecule has 5 heteroatoms. The molecule has 5 N–H and O–H groups in total. The number of carbonyl (C=O) groups excluding carboxylic acids is 1. The summed E-state index contributed by atoms with van der Waals surface area (Å²) in [5.41, 5.74) is 11.4. The van der Waals surface area contributed by atoms with Crippen molar-refractivity contribution in [2.45, 2.75) is 25.9 Å². The minimum Gasteiger partial charge on any atom is -0.492 e. The number of nitrogens with two attached hydrogens (primary N) is 2. The summed E-state index contributed by atoms with van der Waals surface area (Å²) in [6, 6.07) is 0. The molecule has 0 heterocycles. The number of amides is 1. The molecule has 1 aliphatic rings. The topological polar surface area (TPSA) is 90.4 Å². The van der Waals surface area contributed by atoms with Crippen LogP contribution < -0.4 is 16.8 Å². The fourth-order valence-corrected chi connectivity index (χ4v) is 1.50. The third-order valence-electron chi connectivity index (χ3n) is 2.04. The summed E-state index contributed by atoms with van der Waals surface area (Å²) >= 11 is 0. The summed E-state index contributed by atoms with van der Waals surface area (Å²) in [5, 5.41) is 2.63. The molecule has 5 nitrogen and oxygen atoms in total. The van der Waals surface area contributed by atoms with Gasteiger partial charge < -0.3 is 21.5 Å². The number of hydrogen-bond acceptors (Lipinski definition) is 4. The second-order valence-electron chi connectivity index (χ2n) is 3.55. The van der Waals surface area contributed by atoms with Crippen molar-refractivity contribution in [2.24, 2.45) is 11.5 Å². The summed E-state index contributed by atoms with van der Waals surface area (Å²) < 4.78 is 5.29. The van der Waals surface area contributed by atoms with Crippen LogP contribution in [0.15, 0.2) is 23.6 Å². The third-order valence-corrected chi connectivity index (χ3v) is 2.04. The van der Waals surface area contributed by atoms with Crippen LogP contribution in [0, 0.1) is 0 Å². The summed E-state index contributed by atoms with van der Waals surface area (Å²) in [7, 11) is 0. The van der Waals surface area contributed by atoms with E-state index in [9.17, 15) is 4.79 Å². The molecule has 1 rings (SSSR count). The molecule has 0 saturated carbocycles. The van der Waals surface area contributed by atoms with E-state index in [0.717, 1.165) is 0 Å². The molecule has 0 aromatic rings. The fourth-order valence-electron chi connectivity index (χ4n) is 1.50. The number of ether oxygens (including phenoxy) is 1. The van der Waals surface area contributed by atoms with E-state index in [4.69, 9.17) is 16.2 Å². The predicted molar refractivity (Wildman–Crippen MR) is 57.3 cm³/mol. The van der Waals surface area contributed by atoms with Gasteiger partial charge in [-0.15, -0.1) is 0 Å². The molecule has 15 heavy (non-hydrogen) atoms. The Morgan fingerprint density at radius 1 is 1.73 bits per heavy atom. The Morgan fingerprint density at radius 3 is 2.87 bits per heavy atom. The Morgan fingerprint density at radius 2 is 2.40 bits per heavy atom. The monoisotopic (exact) mass is 211 g/mol. The highest BCUT2D eigenvalue weighted by Crippen LogP contribution is 2.20. The van der Waals surface area contributed by atoms with Gasteiger partial charge in [-0.1, -0.05) is 0 Å². The average Bonchev–Trinajstić information content (AvgIpc) is 2.08. The first-order valence-electron chi connectivity index (χ1n) is 4.85. The van der Waals surface area contributed by atoms with Crippen LogP contribution in [0.5, 0.6) is 0 Å². The van der Waals surface area contributed by atoms with E-state index < -0.39 is 5.66 Å². The van der Waals surface area contributed by atoms with Gasteiger partial charge in [0.1, 0.15) is 11.4 Å². The molecule has 0 aromatic carbocycles. The van der Waals surface area contributed by atoms with E-state index >= 15 is 0 Å². The maximum Gasteiger partial charge on any atom is 0.218 e. The molecule has 1 amide bonds. The van der Waals surface area contributed by atoms with Crippen molar-refractivity contribution in [3.05, 3.63) is 23.6 Å². The first-order valence-corrected chi connectivity index (χ1v) is 4.85. The number of allylic oxidation sites excluding steroid dienone is 1. The van der Waals surface area contributed by atoms with Gasteiger partial charge in [0, 0.05) is 13.3 Å². The Labute approximate surface area is 89.1 Å². The van der Waals surface area contributed by atoms with E-state index in [1.807, 2.05) is 6.92 Å². The highest BCUT2D eigenvalue weighted by atomic mass is 16.5. The van der Waals surface area contributed by atoms with Crippen LogP contribution in [-0.2, 0) is 9.53 Å². The van der Waals surface area contributed by atoms with Gasteiger partial charge in [-0.3, -0.25) is 4.79 Å². The number of carbonyl (C=O) groups is 1. The Balaban J connectivity index is 2.74. The Bertz CT molecular complexity index is 323. The number of rotatable bonds is 3. The lowest BCUT2D eigenvalue weighted by atomic mass is 9.98. The smallest absolute Gasteiger partial charge is 0.218 e. The minimum absolute atomic E-state index is 0.185. The van der Waals surface area contributed by atoms with E-state index in [1.165, 1.54) is 6.92 Å².